The zero-order chi connectivity index (χ0) is 32.5. The van der Waals surface area contributed by atoms with Crippen LogP contribution in [-0.2, 0) is 23.8 Å². The monoisotopic (exact) mass is 598 g/mol. The fourth-order valence-corrected chi connectivity index (χ4v) is 3.87. The summed E-state index contributed by atoms with van der Waals surface area (Å²) in [5.41, 5.74) is 1.15. The van der Waals surface area contributed by atoms with Crippen LogP contribution in [-0.4, -0.2) is 42.0 Å². The van der Waals surface area contributed by atoms with Crippen LogP contribution in [0, 0.1) is 0 Å². The summed E-state index contributed by atoms with van der Waals surface area (Å²) in [4.78, 5) is 50.9. The van der Waals surface area contributed by atoms with Gasteiger partial charge in [-0.15, -0.1) is 0 Å². The molecule has 0 radical (unpaired) electrons. The Kier molecular flexibility index (Phi) is 11.0. The van der Waals surface area contributed by atoms with E-state index >= 15 is 0 Å². The summed E-state index contributed by atoms with van der Waals surface area (Å²) < 4.78 is 21.5. The van der Waals surface area contributed by atoms with Crippen LogP contribution in [0.15, 0.2) is 84.9 Å². The van der Waals surface area contributed by atoms with Crippen molar-refractivity contribution >= 4 is 35.8 Å². The minimum absolute atomic E-state index is 0.253. The van der Waals surface area contributed by atoms with Crippen molar-refractivity contribution in [2.24, 2.45) is 0 Å². The Bertz CT molecular complexity index is 1520. The van der Waals surface area contributed by atoms with Gasteiger partial charge in [-0.25, -0.2) is 14.4 Å². The molecule has 0 heterocycles. The number of ketones is 1. The molecule has 8 nitrogen and oxygen atoms in total. The van der Waals surface area contributed by atoms with E-state index in [4.69, 9.17) is 18.9 Å². The smallest absolute Gasteiger partial charge is 0.339 e. The second kappa shape index (κ2) is 14.5. The Morgan fingerprint density at radius 1 is 0.614 bits per heavy atom. The van der Waals surface area contributed by atoms with Crippen LogP contribution in [0.4, 0.5) is 0 Å². The Balaban J connectivity index is 1.85. The second-order valence-corrected chi connectivity index (χ2v) is 11.9. The van der Waals surface area contributed by atoms with E-state index < -0.39 is 41.0 Å². The van der Waals surface area contributed by atoms with Gasteiger partial charge in [-0.05, 0) is 89.1 Å². The molecule has 0 aromatic heterocycles. The first-order valence-corrected chi connectivity index (χ1v) is 14.0. The Hall–Kier alpha value is -4.98. The molecule has 0 saturated carbocycles. The van der Waals surface area contributed by atoms with Crippen molar-refractivity contribution in [1.82, 2.24) is 0 Å². The van der Waals surface area contributed by atoms with E-state index in [0.29, 0.717) is 28.0 Å². The quantitative estimate of drug-likeness (QED) is 0.105. The van der Waals surface area contributed by atoms with Gasteiger partial charge in [0.1, 0.15) is 17.0 Å². The lowest BCUT2D eigenvalue weighted by Gasteiger charge is -2.18. The number of hydrogen-bond donors (Lipinski definition) is 0. The Morgan fingerprint density at radius 3 is 1.48 bits per heavy atom. The molecule has 3 aromatic carbocycles. The van der Waals surface area contributed by atoms with Gasteiger partial charge in [0.25, 0.3) is 0 Å². The highest BCUT2D eigenvalue weighted by Gasteiger charge is 2.27. The molecule has 8 heteroatoms. The van der Waals surface area contributed by atoms with Gasteiger partial charge >= 0.3 is 17.9 Å². The standard InChI is InChI=1S/C36H38O8/c1-35(2,3)43-30(37)22-12-24-8-14-26(15-9-24)32(39)33(42-34(40)28-18-20-29(41-7)21-19-28)27-16-10-25(11-17-27)13-23-31(38)44-36(4,5)6/h8-23,33H,1-7H3/b22-12+,23-13+. The van der Waals surface area contributed by atoms with Gasteiger partial charge in [-0.2, -0.15) is 0 Å². The molecule has 44 heavy (non-hydrogen) atoms. The highest BCUT2D eigenvalue weighted by Crippen LogP contribution is 2.26. The molecule has 230 valence electrons. The third-order valence-corrected chi connectivity index (χ3v) is 5.86. The summed E-state index contributed by atoms with van der Waals surface area (Å²) in [6.07, 6.45) is 4.58. The molecule has 0 fully saturated rings. The van der Waals surface area contributed by atoms with Crippen LogP contribution >= 0.6 is 0 Å². The summed E-state index contributed by atoms with van der Waals surface area (Å²) in [7, 11) is 1.52. The molecule has 0 aliphatic heterocycles. The topological polar surface area (TPSA) is 105 Å². The summed E-state index contributed by atoms with van der Waals surface area (Å²) in [5, 5.41) is 0. The predicted molar refractivity (Wildman–Crippen MR) is 168 cm³/mol. The van der Waals surface area contributed by atoms with Gasteiger partial charge in [-0.3, -0.25) is 4.79 Å². The van der Waals surface area contributed by atoms with Crippen molar-refractivity contribution in [1.29, 1.82) is 0 Å². The largest absolute Gasteiger partial charge is 0.497 e. The lowest BCUT2D eigenvalue weighted by Crippen LogP contribution is -2.22. The molecule has 0 aliphatic rings. The first-order chi connectivity index (χ1) is 20.6. The van der Waals surface area contributed by atoms with Crippen molar-refractivity contribution in [3.63, 3.8) is 0 Å². The molecule has 0 spiro atoms. The van der Waals surface area contributed by atoms with Crippen molar-refractivity contribution in [3.05, 3.63) is 113 Å². The summed E-state index contributed by atoms with van der Waals surface area (Å²) in [5.74, 6) is -1.51. The maximum atomic E-state index is 13.7. The summed E-state index contributed by atoms with van der Waals surface area (Å²) in [6.45, 7) is 10.7. The predicted octanol–water partition coefficient (Wildman–Crippen LogP) is 7.19. The maximum Gasteiger partial charge on any atom is 0.339 e. The highest BCUT2D eigenvalue weighted by atomic mass is 16.6. The Labute approximate surface area is 258 Å². The third kappa shape index (κ3) is 10.7. The molecule has 3 rings (SSSR count). The van der Waals surface area contributed by atoms with Gasteiger partial charge in [-0.1, -0.05) is 48.5 Å². The average Bonchev–Trinajstić information content (AvgIpc) is 2.96. The van der Waals surface area contributed by atoms with Crippen LogP contribution in [0.2, 0.25) is 0 Å². The summed E-state index contributed by atoms with van der Waals surface area (Å²) in [6, 6.07) is 19.7. The minimum atomic E-state index is -1.25. The number of rotatable bonds is 10. The van der Waals surface area contributed by atoms with Gasteiger partial charge in [0.2, 0.25) is 5.78 Å². The van der Waals surface area contributed by atoms with Crippen LogP contribution in [0.25, 0.3) is 12.2 Å². The van der Waals surface area contributed by atoms with Crippen LogP contribution in [0.1, 0.15) is 85.1 Å². The minimum Gasteiger partial charge on any atom is -0.497 e. The van der Waals surface area contributed by atoms with E-state index in [1.165, 1.54) is 19.3 Å². The number of carbonyl (C=O) groups excluding carboxylic acids is 4. The molecule has 0 saturated heterocycles. The van der Waals surface area contributed by atoms with Crippen molar-refractivity contribution in [2.45, 2.75) is 58.8 Å². The molecule has 0 bridgehead atoms. The van der Waals surface area contributed by atoms with Crippen molar-refractivity contribution < 1.29 is 38.1 Å². The number of ether oxygens (including phenoxy) is 4. The average molecular weight is 599 g/mol. The van der Waals surface area contributed by atoms with Gasteiger partial charge in [0, 0.05) is 23.3 Å². The van der Waals surface area contributed by atoms with Crippen LogP contribution in [0.3, 0.4) is 0 Å². The van der Waals surface area contributed by atoms with Gasteiger partial charge < -0.3 is 18.9 Å². The van der Waals surface area contributed by atoms with E-state index in [2.05, 4.69) is 0 Å². The maximum absolute atomic E-state index is 13.7. The fourth-order valence-electron chi connectivity index (χ4n) is 3.87. The number of carbonyl (C=O) groups is 4. The normalized spacial score (nSPS) is 12.5. The number of esters is 3. The molecule has 0 aliphatic carbocycles. The van der Waals surface area contributed by atoms with E-state index in [9.17, 15) is 19.2 Å². The molecule has 0 amide bonds. The van der Waals surface area contributed by atoms with Gasteiger partial charge in [0.15, 0.2) is 6.10 Å². The molecule has 3 aromatic rings. The fraction of sp³-hybridized carbons (Fsp3) is 0.278. The SMILES string of the molecule is COc1ccc(C(=O)OC(C(=O)c2ccc(/C=C/C(=O)OC(C)(C)C)cc2)c2ccc(/C=C/C(=O)OC(C)(C)C)cc2)cc1. The first kappa shape index (κ1) is 33.5. The zero-order valence-electron chi connectivity index (χ0n) is 26.1. The second-order valence-electron chi connectivity index (χ2n) is 11.9. The van der Waals surface area contributed by atoms with E-state index in [0.717, 1.165) is 0 Å². The van der Waals surface area contributed by atoms with Crippen molar-refractivity contribution in [2.75, 3.05) is 7.11 Å². The Morgan fingerprint density at radius 2 is 1.05 bits per heavy atom. The van der Waals surface area contributed by atoms with E-state index in [1.807, 2.05) is 0 Å². The summed E-state index contributed by atoms with van der Waals surface area (Å²) >= 11 is 0. The number of benzene rings is 3. The van der Waals surface area contributed by atoms with Crippen LogP contribution in [0.5, 0.6) is 5.75 Å². The molecular weight excluding hydrogens is 560 g/mol. The third-order valence-electron chi connectivity index (χ3n) is 5.86. The molecule has 1 unspecified atom stereocenters. The highest BCUT2D eigenvalue weighted by molar-refractivity contribution is 6.02. The number of hydrogen-bond acceptors (Lipinski definition) is 8. The molecule has 0 N–H and O–H groups in total. The molecule has 1 atom stereocenters. The van der Waals surface area contributed by atoms with E-state index in [-0.39, 0.29) is 5.56 Å². The number of methoxy groups -OCH3 is 1. The number of Topliss-reactive ketones (excluding diaryl/α,β-unsaturated/α-hetero) is 1. The lowest BCUT2D eigenvalue weighted by molar-refractivity contribution is -0.149. The van der Waals surface area contributed by atoms with E-state index in [1.54, 1.807) is 126 Å². The van der Waals surface area contributed by atoms with Crippen molar-refractivity contribution in [3.8, 4) is 5.75 Å². The molecular formula is C36H38O8. The lowest BCUT2D eigenvalue weighted by atomic mass is 9.97. The zero-order valence-corrected chi connectivity index (χ0v) is 26.1. The first-order valence-electron chi connectivity index (χ1n) is 14.0. The van der Waals surface area contributed by atoms with Crippen LogP contribution < -0.4 is 4.74 Å². The van der Waals surface area contributed by atoms with Gasteiger partial charge in [0.05, 0.1) is 12.7 Å².